The van der Waals surface area contributed by atoms with E-state index in [0.717, 1.165) is 0 Å². The smallest absolute Gasteiger partial charge is 1.00 e. The quantitative estimate of drug-likeness (QED) is 0.466. The van der Waals surface area contributed by atoms with Crippen LogP contribution in [-0.2, 0) is 4.74 Å². The van der Waals surface area contributed by atoms with Gasteiger partial charge in [-0.05, 0) is 6.92 Å². The first-order valence-corrected chi connectivity index (χ1v) is 3.33. The van der Waals surface area contributed by atoms with Crippen molar-refractivity contribution in [2.45, 2.75) is 13.0 Å². The van der Waals surface area contributed by atoms with Gasteiger partial charge >= 0.3 is 23.1 Å². The van der Waals surface area contributed by atoms with Crippen molar-refractivity contribution in [1.29, 1.82) is 0 Å². The summed E-state index contributed by atoms with van der Waals surface area (Å²) in [5.74, 6) is 0. The standard InChI is InChI=1S/C9H11O.BrH.Mg/c1-8(10-2)9-6-4-3-5-7-9;;/h4-8H,1-2H3;1H;/q-1;;+2/p-1. The first-order chi connectivity index (χ1) is 4.84. The molecule has 0 spiro atoms. The van der Waals surface area contributed by atoms with Gasteiger partial charge in [-0.15, -0.1) is 5.56 Å². The molecule has 1 atom stereocenters. The summed E-state index contributed by atoms with van der Waals surface area (Å²) in [7, 11) is 1.71. The van der Waals surface area contributed by atoms with Crippen LogP contribution < -0.4 is 17.0 Å². The first-order valence-electron chi connectivity index (χ1n) is 3.33. The minimum absolute atomic E-state index is 0. The van der Waals surface area contributed by atoms with E-state index in [0.29, 0.717) is 0 Å². The van der Waals surface area contributed by atoms with Crippen LogP contribution in [0.1, 0.15) is 18.6 Å². The Hall–Kier alpha value is 0.426. The summed E-state index contributed by atoms with van der Waals surface area (Å²) in [6.45, 7) is 2.02. The van der Waals surface area contributed by atoms with Gasteiger partial charge in [0.2, 0.25) is 0 Å². The second kappa shape index (κ2) is 8.04. The summed E-state index contributed by atoms with van der Waals surface area (Å²) < 4.78 is 5.12. The molecule has 62 valence electrons. The van der Waals surface area contributed by atoms with Gasteiger partial charge in [0, 0.05) is 7.11 Å². The summed E-state index contributed by atoms with van der Waals surface area (Å²) in [4.78, 5) is 0. The predicted octanol–water partition coefficient (Wildman–Crippen LogP) is -1.18. The van der Waals surface area contributed by atoms with Gasteiger partial charge in [-0.1, -0.05) is 0 Å². The molecule has 0 N–H and O–H groups in total. The van der Waals surface area contributed by atoms with E-state index in [4.69, 9.17) is 4.74 Å². The molecule has 0 fully saturated rings. The molecule has 3 heteroatoms. The van der Waals surface area contributed by atoms with Gasteiger partial charge in [-0.2, -0.15) is 30.3 Å². The molecule has 0 amide bonds. The number of hydrogen-bond acceptors (Lipinski definition) is 1. The van der Waals surface area contributed by atoms with E-state index in [1.807, 2.05) is 31.2 Å². The van der Waals surface area contributed by atoms with E-state index < -0.39 is 0 Å². The van der Waals surface area contributed by atoms with E-state index in [9.17, 15) is 0 Å². The van der Waals surface area contributed by atoms with Crippen molar-refractivity contribution >= 4 is 23.1 Å². The number of halogens is 1. The van der Waals surface area contributed by atoms with Crippen molar-refractivity contribution in [2.24, 2.45) is 0 Å². The fraction of sp³-hybridized carbons (Fsp3) is 0.333. The molecule has 0 aliphatic carbocycles. The average Bonchev–Trinajstić information content (AvgIpc) is 2.05. The molecule has 1 unspecified atom stereocenters. The minimum atomic E-state index is 0. The SMILES string of the molecule is COC(C)c1cc[c-]cc1.[Br-].[Mg+2]. The van der Waals surface area contributed by atoms with Crippen molar-refractivity contribution in [1.82, 2.24) is 0 Å². The first kappa shape index (κ1) is 14.9. The molecule has 12 heavy (non-hydrogen) atoms. The Morgan fingerprint density at radius 2 is 1.83 bits per heavy atom. The van der Waals surface area contributed by atoms with Gasteiger partial charge in [0.1, 0.15) is 0 Å². The zero-order valence-electron chi connectivity index (χ0n) is 7.38. The fourth-order valence-electron chi connectivity index (χ4n) is 0.807. The molecule has 0 heterocycles. The van der Waals surface area contributed by atoms with Crippen LogP contribution in [0.15, 0.2) is 24.3 Å². The van der Waals surface area contributed by atoms with E-state index in [-0.39, 0.29) is 46.1 Å². The molecule has 0 aromatic heterocycles. The second-order valence-electron chi connectivity index (χ2n) is 2.21. The largest absolute Gasteiger partial charge is 2.00 e. The van der Waals surface area contributed by atoms with E-state index in [1.54, 1.807) is 7.11 Å². The van der Waals surface area contributed by atoms with Gasteiger partial charge in [0.05, 0.1) is 6.10 Å². The summed E-state index contributed by atoms with van der Waals surface area (Å²) in [6, 6.07) is 10.8. The Labute approximate surface area is 100 Å². The molecule has 0 aliphatic heterocycles. The van der Waals surface area contributed by atoms with E-state index >= 15 is 0 Å². The average molecular weight is 239 g/mol. The fourth-order valence-corrected chi connectivity index (χ4v) is 0.807. The van der Waals surface area contributed by atoms with Crippen molar-refractivity contribution in [3.63, 3.8) is 0 Å². The molecule has 1 aromatic rings. The van der Waals surface area contributed by atoms with Crippen LogP contribution in [0, 0.1) is 6.07 Å². The van der Waals surface area contributed by atoms with Crippen molar-refractivity contribution in [2.75, 3.05) is 7.11 Å². The topological polar surface area (TPSA) is 9.23 Å². The van der Waals surface area contributed by atoms with Gasteiger partial charge in [0.25, 0.3) is 0 Å². The predicted molar refractivity (Wildman–Crippen MR) is 46.5 cm³/mol. The normalized spacial score (nSPS) is 10.8. The van der Waals surface area contributed by atoms with E-state index in [2.05, 4.69) is 6.07 Å². The Morgan fingerprint density at radius 3 is 2.25 bits per heavy atom. The monoisotopic (exact) mass is 238 g/mol. The minimum Gasteiger partial charge on any atom is -1.00 e. The van der Waals surface area contributed by atoms with Crippen LogP contribution >= 0.6 is 0 Å². The van der Waals surface area contributed by atoms with Crippen LogP contribution in [0.3, 0.4) is 0 Å². The Morgan fingerprint density at radius 1 is 1.33 bits per heavy atom. The third kappa shape index (κ3) is 4.45. The summed E-state index contributed by atoms with van der Waals surface area (Å²) in [5.41, 5.74) is 1.20. The van der Waals surface area contributed by atoms with Gasteiger partial charge in [-0.3, -0.25) is 0 Å². The van der Waals surface area contributed by atoms with Crippen molar-refractivity contribution in [3.8, 4) is 0 Å². The molecule has 1 aromatic carbocycles. The van der Waals surface area contributed by atoms with Crippen molar-refractivity contribution < 1.29 is 21.7 Å². The van der Waals surface area contributed by atoms with Crippen LogP contribution in [0.2, 0.25) is 0 Å². The van der Waals surface area contributed by atoms with Crippen LogP contribution in [0.25, 0.3) is 0 Å². The zero-order valence-corrected chi connectivity index (χ0v) is 10.4. The number of methoxy groups -OCH3 is 1. The van der Waals surface area contributed by atoms with Crippen LogP contribution in [-0.4, -0.2) is 30.2 Å². The second-order valence-corrected chi connectivity index (χ2v) is 2.21. The molecule has 1 rings (SSSR count). The van der Waals surface area contributed by atoms with Gasteiger partial charge in [-0.25, -0.2) is 0 Å². The van der Waals surface area contributed by atoms with Gasteiger partial charge in [0.15, 0.2) is 0 Å². The maximum absolute atomic E-state index is 5.12. The third-order valence-electron chi connectivity index (χ3n) is 1.57. The number of hydrogen-bond donors (Lipinski definition) is 0. The van der Waals surface area contributed by atoms with Gasteiger partial charge < -0.3 is 21.7 Å². The Balaban J connectivity index is 0. The summed E-state index contributed by atoms with van der Waals surface area (Å²) >= 11 is 0. The van der Waals surface area contributed by atoms with Crippen LogP contribution in [0.4, 0.5) is 0 Å². The number of rotatable bonds is 2. The van der Waals surface area contributed by atoms with Crippen LogP contribution in [0.5, 0.6) is 0 Å². The number of benzene rings is 1. The summed E-state index contributed by atoms with van der Waals surface area (Å²) in [5, 5.41) is 0. The maximum Gasteiger partial charge on any atom is 2.00 e. The molecule has 0 saturated carbocycles. The Kier molecular flexibility index (Phi) is 10.0. The number of ether oxygens (including phenoxy) is 1. The van der Waals surface area contributed by atoms with E-state index in [1.165, 1.54) is 5.56 Å². The molecule has 0 saturated heterocycles. The summed E-state index contributed by atoms with van der Waals surface area (Å²) in [6.07, 6.45) is 0.189. The third-order valence-corrected chi connectivity index (χ3v) is 1.57. The Bertz CT molecular complexity index is 191. The maximum atomic E-state index is 5.12. The molecule has 1 nitrogen and oxygen atoms in total. The molecule has 0 aliphatic rings. The molecule has 0 bridgehead atoms. The van der Waals surface area contributed by atoms with Crippen molar-refractivity contribution in [3.05, 3.63) is 35.9 Å². The zero-order chi connectivity index (χ0) is 7.40. The molecular weight excluding hydrogens is 228 g/mol. The molecule has 0 radical (unpaired) electrons. The molecular formula is C9H11BrMgO.